The molecule has 112 valence electrons. The molecule has 0 unspecified atom stereocenters. The summed E-state index contributed by atoms with van der Waals surface area (Å²) in [5.41, 5.74) is 0. The molecule has 0 atom stereocenters. The number of hydrogen-bond donors (Lipinski definition) is 0. The molecule has 0 saturated heterocycles. The number of aromatic nitrogens is 3. The van der Waals surface area contributed by atoms with E-state index >= 15 is 0 Å². The van der Waals surface area contributed by atoms with Crippen LogP contribution in [0.25, 0.3) is 0 Å². The quantitative estimate of drug-likeness (QED) is 0.461. The van der Waals surface area contributed by atoms with Crippen molar-refractivity contribution in [3.05, 3.63) is 28.2 Å². The Labute approximate surface area is 133 Å². The molecule has 0 amide bonds. The predicted molar refractivity (Wildman–Crippen MR) is 86.2 cm³/mol. The highest BCUT2D eigenvalue weighted by atomic mass is 32.2. The summed E-state index contributed by atoms with van der Waals surface area (Å²) < 4.78 is 2.26. The molecule has 2 aromatic heterocycles. The summed E-state index contributed by atoms with van der Waals surface area (Å²) in [7, 11) is 0. The fraction of sp³-hybridized carbons (Fsp3) is 0.533. The number of fused-ring (bicyclic) bond motifs is 1. The standard InChI is InChI=1S/C15H19N3OS2/c19-12(13-7-5-10-20-13)6-4-11-21-15-17-16-14-8-2-1-3-9-18(14)15/h5,7,10H,1-4,6,8-9,11H2. The van der Waals surface area contributed by atoms with Gasteiger partial charge in [-0.2, -0.15) is 0 Å². The summed E-state index contributed by atoms with van der Waals surface area (Å²) >= 11 is 3.26. The van der Waals surface area contributed by atoms with Crippen molar-refractivity contribution in [3.8, 4) is 0 Å². The molecule has 0 spiro atoms. The number of rotatable bonds is 6. The number of hydrogen-bond acceptors (Lipinski definition) is 5. The van der Waals surface area contributed by atoms with Crippen LogP contribution in [0.15, 0.2) is 22.7 Å². The first-order valence-electron chi connectivity index (χ1n) is 7.46. The van der Waals surface area contributed by atoms with Crippen molar-refractivity contribution in [2.45, 2.75) is 50.2 Å². The number of nitrogens with zero attached hydrogens (tertiary/aromatic N) is 3. The summed E-state index contributed by atoms with van der Waals surface area (Å²) in [6.07, 6.45) is 6.28. The topological polar surface area (TPSA) is 47.8 Å². The van der Waals surface area contributed by atoms with Crippen LogP contribution in [-0.2, 0) is 13.0 Å². The Morgan fingerprint density at radius 3 is 3.14 bits per heavy atom. The monoisotopic (exact) mass is 321 g/mol. The maximum absolute atomic E-state index is 11.9. The first-order chi connectivity index (χ1) is 10.3. The second-order valence-electron chi connectivity index (χ2n) is 5.21. The van der Waals surface area contributed by atoms with Gasteiger partial charge in [0.15, 0.2) is 10.9 Å². The molecule has 6 heteroatoms. The van der Waals surface area contributed by atoms with Crippen LogP contribution in [0.1, 0.15) is 47.6 Å². The highest BCUT2D eigenvalue weighted by molar-refractivity contribution is 7.99. The van der Waals surface area contributed by atoms with Gasteiger partial charge in [0, 0.05) is 25.1 Å². The van der Waals surface area contributed by atoms with Gasteiger partial charge in [0.2, 0.25) is 0 Å². The first kappa shape index (κ1) is 14.8. The van der Waals surface area contributed by atoms with Crippen LogP contribution in [0.2, 0.25) is 0 Å². The van der Waals surface area contributed by atoms with Crippen LogP contribution in [0.3, 0.4) is 0 Å². The van der Waals surface area contributed by atoms with Crippen LogP contribution >= 0.6 is 23.1 Å². The smallest absolute Gasteiger partial charge is 0.191 e. The largest absolute Gasteiger partial charge is 0.306 e. The van der Waals surface area contributed by atoms with Crippen molar-refractivity contribution in [1.82, 2.24) is 14.8 Å². The Balaban J connectivity index is 1.48. The van der Waals surface area contributed by atoms with E-state index < -0.39 is 0 Å². The van der Waals surface area contributed by atoms with Crippen LogP contribution in [0.4, 0.5) is 0 Å². The molecule has 0 aromatic carbocycles. The van der Waals surface area contributed by atoms with Crippen LogP contribution in [0, 0.1) is 0 Å². The lowest BCUT2D eigenvalue weighted by Crippen LogP contribution is -2.03. The zero-order chi connectivity index (χ0) is 14.5. The zero-order valence-corrected chi connectivity index (χ0v) is 13.6. The summed E-state index contributed by atoms with van der Waals surface area (Å²) in [5, 5.41) is 11.6. The Morgan fingerprint density at radius 2 is 2.29 bits per heavy atom. The number of thiophene rings is 1. The minimum atomic E-state index is 0.255. The fourth-order valence-corrected chi connectivity index (χ4v) is 4.14. The van der Waals surface area contributed by atoms with Gasteiger partial charge in [-0.25, -0.2) is 0 Å². The molecule has 0 radical (unpaired) electrons. The van der Waals surface area contributed by atoms with Gasteiger partial charge >= 0.3 is 0 Å². The number of carbonyl (C=O) groups is 1. The van der Waals surface area contributed by atoms with Crippen molar-refractivity contribution in [2.75, 3.05) is 5.75 Å². The number of thioether (sulfide) groups is 1. The predicted octanol–water partition coefficient (Wildman–Crippen LogP) is 3.82. The minimum absolute atomic E-state index is 0.255. The normalized spacial score (nSPS) is 14.7. The van der Waals surface area contributed by atoms with E-state index in [0.29, 0.717) is 6.42 Å². The highest BCUT2D eigenvalue weighted by Gasteiger charge is 2.15. The second-order valence-corrected chi connectivity index (χ2v) is 7.22. The third-order valence-electron chi connectivity index (χ3n) is 3.65. The Hall–Kier alpha value is -1.14. The van der Waals surface area contributed by atoms with Gasteiger partial charge in [-0.15, -0.1) is 21.5 Å². The van der Waals surface area contributed by atoms with Crippen molar-refractivity contribution in [3.63, 3.8) is 0 Å². The van der Waals surface area contributed by atoms with Crippen molar-refractivity contribution in [2.24, 2.45) is 0 Å². The van der Waals surface area contributed by atoms with E-state index in [1.807, 2.05) is 17.5 Å². The molecule has 0 aliphatic carbocycles. The average molecular weight is 321 g/mol. The molecule has 0 fully saturated rings. The van der Waals surface area contributed by atoms with Crippen molar-refractivity contribution in [1.29, 1.82) is 0 Å². The Bertz CT molecular complexity index is 592. The Morgan fingerprint density at radius 1 is 1.33 bits per heavy atom. The van der Waals surface area contributed by atoms with E-state index in [1.54, 1.807) is 11.8 Å². The average Bonchev–Trinajstić information content (AvgIpc) is 3.09. The summed E-state index contributed by atoms with van der Waals surface area (Å²) in [4.78, 5) is 12.8. The van der Waals surface area contributed by atoms with Crippen LogP contribution in [-0.4, -0.2) is 26.3 Å². The summed E-state index contributed by atoms with van der Waals surface area (Å²) in [6, 6.07) is 3.83. The highest BCUT2D eigenvalue weighted by Crippen LogP contribution is 2.23. The maximum Gasteiger partial charge on any atom is 0.191 e. The summed E-state index contributed by atoms with van der Waals surface area (Å²) in [6.45, 7) is 1.04. The molecule has 3 rings (SSSR count). The van der Waals surface area contributed by atoms with Gasteiger partial charge in [-0.1, -0.05) is 24.2 Å². The van der Waals surface area contributed by atoms with E-state index in [9.17, 15) is 4.79 Å². The summed E-state index contributed by atoms with van der Waals surface area (Å²) in [5.74, 6) is 2.31. The van der Waals surface area contributed by atoms with Crippen LogP contribution < -0.4 is 0 Å². The Kier molecular flexibility index (Phi) is 5.08. The molecule has 3 heterocycles. The maximum atomic E-state index is 11.9. The lowest BCUT2D eigenvalue weighted by molar-refractivity contribution is 0.0986. The molecular weight excluding hydrogens is 302 g/mol. The lowest BCUT2D eigenvalue weighted by atomic mass is 10.2. The minimum Gasteiger partial charge on any atom is -0.306 e. The number of Topliss-reactive ketones (excluding diaryl/α,β-unsaturated/α-hetero) is 1. The van der Waals surface area contributed by atoms with Gasteiger partial charge in [-0.05, 0) is 30.7 Å². The molecule has 4 nitrogen and oxygen atoms in total. The van der Waals surface area contributed by atoms with Gasteiger partial charge in [0.25, 0.3) is 0 Å². The molecular formula is C15H19N3OS2. The molecule has 1 aliphatic rings. The fourth-order valence-electron chi connectivity index (χ4n) is 2.52. The van der Waals surface area contributed by atoms with E-state index in [1.165, 1.54) is 30.6 Å². The molecule has 0 N–H and O–H groups in total. The zero-order valence-electron chi connectivity index (χ0n) is 12.0. The van der Waals surface area contributed by atoms with Gasteiger partial charge in [-0.3, -0.25) is 4.79 Å². The van der Waals surface area contributed by atoms with Gasteiger partial charge < -0.3 is 4.57 Å². The molecule has 1 aliphatic heterocycles. The van der Waals surface area contributed by atoms with Gasteiger partial charge in [0.05, 0.1) is 4.88 Å². The van der Waals surface area contributed by atoms with E-state index in [2.05, 4.69) is 14.8 Å². The SMILES string of the molecule is O=C(CCCSc1nnc2n1CCCCC2)c1cccs1. The number of ketones is 1. The molecule has 0 bridgehead atoms. The second kappa shape index (κ2) is 7.22. The van der Waals surface area contributed by atoms with E-state index in [0.717, 1.165) is 41.0 Å². The first-order valence-corrected chi connectivity index (χ1v) is 9.33. The van der Waals surface area contributed by atoms with E-state index in [4.69, 9.17) is 0 Å². The molecule has 0 saturated carbocycles. The van der Waals surface area contributed by atoms with Crippen molar-refractivity contribution >= 4 is 28.9 Å². The molecule has 2 aromatic rings. The third-order valence-corrected chi connectivity index (χ3v) is 5.61. The van der Waals surface area contributed by atoms with Gasteiger partial charge in [0.1, 0.15) is 5.82 Å². The van der Waals surface area contributed by atoms with Crippen molar-refractivity contribution < 1.29 is 4.79 Å². The van der Waals surface area contributed by atoms with E-state index in [-0.39, 0.29) is 5.78 Å². The third kappa shape index (κ3) is 3.74. The lowest BCUT2D eigenvalue weighted by Gasteiger charge is -2.05. The van der Waals surface area contributed by atoms with Crippen LogP contribution in [0.5, 0.6) is 0 Å². The number of aryl methyl sites for hydroxylation is 1. The number of carbonyl (C=O) groups excluding carboxylic acids is 1. The molecule has 21 heavy (non-hydrogen) atoms.